The average Bonchev–Trinajstić information content (AvgIpc) is 2.98. The highest BCUT2D eigenvalue weighted by molar-refractivity contribution is 5.55. The van der Waals surface area contributed by atoms with E-state index in [9.17, 15) is 0 Å². The molecule has 0 bridgehead atoms. The number of methoxy groups -OCH3 is 1. The molecule has 1 aromatic carbocycles. The summed E-state index contributed by atoms with van der Waals surface area (Å²) in [5, 5.41) is 10.2. The van der Waals surface area contributed by atoms with Gasteiger partial charge in [-0.15, -0.1) is 0 Å². The Morgan fingerprint density at radius 3 is 2.70 bits per heavy atom. The largest absolute Gasteiger partial charge is 0.496 e. The van der Waals surface area contributed by atoms with Gasteiger partial charge in [-0.3, -0.25) is 0 Å². The summed E-state index contributed by atoms with van der Waals surface area (Å²) in [6.45, 7) is 2.43. The minimum atomic E-state index is 0.601. The van der Waals surface area contributed by atoms with Gasteiger partial charge in [0.2, 0.25) is 0 Å². The first-order chi connectivity index (χ1) is 11.2. The number of benzene rings is 1. The van der Waals surface area contributed by atoms with E-state index in [0.717, 1.165) is 17.1 Å². The van der Waals surface area contributed by atoms with Crippen molar-refractivity contribution in [1.29, 1.82) is 0 Å². The predicted octanol–water partition coefficient (Wildman–Crippen LogP) is 3.14. The summed E-state index contributed by atoms with van der Waals surface area (Å²) < 4.78 is 10.3. The molecule has 0 atom stereocenters. The van der Waals surface area contributed by atoms with E-state index in [-0.39, 0.29) is 0 Å². The third-order valence-electron chi connectivity index (χ3n) is 3.20. The second-order valence-electron chi connectivity index (χ2n) is 4.90. The molecule has 2 aromatic heterocycles. The lowest BCUT2D eigenvalue weighted by atomic mass is 10.2. The van der Waals surface area contributed by atoms with E-state index in [4.69, 9.17) is 9.26 Å². The van der Waals surface area contributed by atoms with Gasteiger partial charge < -0.3 is 19.9 Å². The van der Waals surface area contributed by atoms with Crippen LogP contribution < -0.4 is 15.4 Å². The fraction of sp³-hybridized carbons (Fsp3) is 0.188. The number of ether oxygens (including phenoxy) is 1. The molecule has 7 heteroatoms. The Morgan fingerprint density at radius 2 is 1.91 bits per heavy atom. The number of nitrogens with one attached hydrogen (secondary N) is 2. The Kier molecular flexibility index (Phi) is 4.37. The molecule has 23 heavy (non-hydrogen) atoms. The fourth-order valence-electron chi connectivity index (χ4n) is 2.11. The molecule has 0 aliphatic rings. The molecule has 0 spiro atoms. The lowest BCUT2D eigenvalue weighted by Crippen LogP contribution is -2.04. The SMILES string of the molecule is COc1ccccc1CNc1cc(Nc2cc(C)on2)ncn1. The smallest absolute Gasteiger partial charge is 0.175 e. The van der Waals surface area contributed by atoms with E-state index in [2.05, 4.69) is 25.8 Å². The van der Waals surface area contributed by atoms with Crippen LogP contribution in [0, 0.1) is 6.92 Å². The first kappa shape index (κ1) is 14.8. The lowest BCUT2D eigenvalue weighted by molar-refractivity contribution is 0.400. The number of hydrogen-bond donors (Lipinski definition) is 2. The molecule has 118 valence electrons. The average molecular weight is 311 g/mol. The maximum atomic E-state index is 5.34. The molecule has 2 N–H and O–H groups in total. The minimum Gasteiger partial charge on any atom is -0.496 e. The summed E-state index contributed by atoms with van der Waals surface area (Å²) in [4.78, 5) is 8.37. The zero-order chi connectivity index (χ0) is 16.1. The van der Waals surface area contributed by atoms with Gasteiger partial charge in [-0.1, -0.05) is 23.4 Å². The summed E-state index contributed by atoms with van der Waals surface area (Å²) in [6.07, 6.45) is 1.49. The summed E-state index contributed by atoms with van der Waals surface area (Å²) in [6, 6.07) is 11.4. The van der Waals surface area contributed by atoms with Gasteiger partial charge in [0.1, 0.15) is 29.5 Å². The van der Waals surface area contributed by atoms with Crippen LogP contribution in [0.5, 0.6) is 5.75 Å². The minimum absolute atomic E-state index is 0.601. The van der Waals surface area contributed by atoms with E-state index in [0.29, 0.717) is 24.0 Å². The Bertz CT molecular complexity index is 787. The number of nitrogens with zero attached hydrogens (tertiary/aromatic N) is 3. The molecule has 0 fully saturated rings. The Balaban J connectivity index is 1.68. The lowest BCUT2D eigenvalue weighted by Gasteiger charge is -2.10. The Hall–Kier alpha value is -3.09. The molecular formula is C16H17N5O2. The highest BCUT2D eigenvalue weighted by Gasteiger charge is 2.05. The molecule has 0 saturated carbocycles. The van der Waals surface area contributed by atoms with Crippen molar-refractivity contribution in [2.24, 2.45) is 0 Å². The van der Waals surface area contributed by atoms with Crippen LogP contribution in [0.25, 0.3) is 0 Å². The van der Waals surface area contributed by atoms with E-state index in [1.165, 1.54) is 6.33 Å². The number of anilines is 3. The van der Waals surface area contributed by atoms with Crippen LogP contribution in [0.15, 0.2) is 47.2 Å². The Morgan fingerprint density at radius 1 is 1.09 bits per heavy atom. The highest BCUT2D eigenvalue weighted by Crippen LogP contribution is 2.20. The third-order valence-corrected chi connectivity index (χ3v) is 3.20. The summed E-state index contributed by atoms with van der Waals surface area (Å²) in [5.41, 5.74) is 1.05. The van der Waals surface area contributed by atoms with E-state index in [1.54, 1.807) is 19.2 Å². The van der Waals surface area contributed by atoms with Gasteiger partial charge in [-0.25, -0.2) is 9.97 Å². The van der Waals surface area contributed by atoms with E-state index >= 15 is 0 Å². The fourth-order valence-corrected chi connectivity index (χ4v) is 2.11. The number of rotatable bonds is 6. The molecule has 0 aliphatic carbocycles. The predicted molar refractivity (Wildman–Crippen MR) is 86.9 cm³/mol. The van der Waals surface area contributed by atoms with Gasteiger partial charge in [-0.2, -0.15) is 0 Å². The molecule has 7 nitrogen and oxygen atoms in total. The maximum absolute atomic E-state index is 5.34. The van der Waals surface area contributed by atoms with Crippen molar-refractivity contribution in [2.75, 3.05) is 17.7 Å². The molecule has 0 radical (unpaired) electrons. The second kappa shape index (κ2) is 6.78. The Labute approximate surface area is 133 Å². The molecule has 0 aliphatic heterocycles. The monoisotopic (exact) mass is 311 g/mol. The third kappa shape index (κ3) is 3.76. The van der Waals surface area contributed by atoms with Gasteiger partial charge in [0, 0.05) is 24.2 Å². The van der Waals surface area contributed by atoms with Crippen LogP contribution in [0.1, 0.15) is 11.3 Å². The van der Waals surface area contributed by atoms with Crippen LogP contribution >= 0.6 is 0 Å². The van der Waals surface area contributed by atoms with Crippen molar-refractivity contribution >= 4 is 17.5 Å². The molecule has 3 aromatic rings. The van der Waals surface area contributed by atoms with Crippen molar-refractivity contribution < 1.29 is 9.26 Å². The zero-order valence-corrected chi connectivity index (χ0v) is 12.9. The molecule has 0 unspecified atom stereocenters. The topological polar surface area (TPSA) is 85.1 Å². The van der Waals surface area contributed by atoms with Gasteiger partial charge in [0.15, 0.2) is 5.82 Å². The molecule has 0 amide bonds. The van der Waals surface area contributed by atoms with Crippen LogP contribution in [-0.2, 0) is 6.54 Å². The molecule has 0 saturated heterocycles. The van der Waals surface area contributed by atoms with Gasteiger partial charge in [0.05, 0.1) is 7.11 Å². The van der Waals surface area contributed by atoms with E-state index in [1.807, 2.05) is 31.2 Å². The van der Waals surface area contributed by atoms with Gasteiger partial charge >= 0.3 is 0 Å². The first-order valence-corrected chi connectivity index (χ1v) is 7.13. The summed E-state index contributed by atoms with van der Waals surface area (Å²) in [7, 11) is 1.66. The van der Waals surface area contributed by atoms with Gasteiger partial charge in [0.25, 0.3) is 0 Å². The summed E-state index contributed by atoms with van der Waals surface area (Å²) >= 11 is 0. The van der Waals surface area contributed by atoms with Crippen molar-refractivity contribution in [3.63, 3.8) is 0 Å². The normalized spacial score (nSPS) is 10.3. The van der Waals surface area contributed by atoms with Crippen LogP contribution in [0.2, 0.25) is 0 Å². The van der Waals surface area contributed by atoms with E-state index < -0.39 is 0 Å². The highest BCUT2D eigenvalue weighted by atomic mass is 16.5. The first-order valence-electron chi connectivity index (χ1n) is 7.13. The number of hydrogen-bond acceptors (Lipinski definition) is 7. The van der Waals surface area contributed by atoms with Crippen molar-refractivity contribution in [3.8, 4) is 5.75 Å². The quantitative estimate of drug-likeness (QED) is 0.723. The maximum Gasteiger partial charge on any atom is 0.175 e. The second-order valence-corrected chi connectivity index (χ2v) is 4.90. The summed E-state index contributed by atoms with van der Waals surface area (Å²) in [5.74, 6) is 3.52. The number of aryl methyl sites for hydroxylation is 1. The van der Waals surface area contributed by atoms with Crippen LogP contribution in [-0.4, -0.2) is 22.2 Å². The standard InChI is InChI=1S/C16H17N5O2/c1-11-7-16(21-23-11)20-15-8-14(18-10-19-15)17-9-12-5-3-4-6-13(12)22-2/h3-8,10H,9H2,1-2H3,(H2,17,18,19,20,21). The van der Waals surface area contributed by atoms with Gasteiger partial charge in [-0.05, 0) is 13.0 Å². The van der Waals surface area contributed by atoms with Crippen LogP contribution in [0.4, 0.5) is 17.5 Å². The van der Waals surface area contributed by atoms with Crippen LogP contribution in [0.3, 0.4) is 0 Å². The number of aromatic nitrogens is 3. The van der Waals surface area contributed by atoms with Crippen molar-refractivity contribution in [1.82, 2.24) is 15.1 Å². The van der Waals surface area contributed by atoms with Crippen molar-refractivity contribution in [3.05, 3.63) is 54.0 Å². The zero-order valence-electron chi connectivity index (χ0n) is 12.9. The molecular weight excluding hydrogens is 294 g/mol. The number of para-hydroxylation sites is 1. The van der Waals surface area contributed by atoms with Crippen molar-refractivity contribution in [2.45, 2.75) is 13.5 Å². The molecule has 2 heterocycles. The molecule has 3 rings (SSSR count).